The molecule has 116 valence electrons. The van der Waals surface area contributed by atoms with E-state index in [0.29, 0.717) is 21.5 Å². The van der Waals surface area contributed by atoms with Gasteiger partial charge in [-0.25, -0.2) is 4.98 Å². The van der Waals surface area contributed by atoms with E-state index in [1.807, 2.05) is 0 Å². The maximum Gasteiger partial charge on any atom is 0.262 e. The molecule has 0 radical (unpaired) electrons. The SMILES string of the molecule is CC(=O)c1ccc(NC(=O)Cn2cnc3sccc3c2=O)cc1. The van der Waals surface area contributed by atoms with E-state index in [0.717, 1.165) is 0 Å². The molecule has 3 aromatic rings. The van der Waals surface area contributed by atoms with Crippen LogP contribution in [0.4, 0.5) is 5.69 Å². The molecule has 0 aliphatic heterocycles. The van der Waals surface area contributed by atoms with Crippen molar-refractivity contribution in [1.82, 2.24) is 9.55 Å². The highest BCUT2D eigenvalue weighted by Gasteiger charge is 2.09. The topological polar surface area (TPSA) is 81.1 Å². The summed E-state index contributed by atoms with van der Waals surface area (Å²) in [6.07, 6.45) is 1.37. The third-order valence-corrected chi connectivity index (χ3v) is 4.16. The molecule has 6 nitrogen and oxygen atoms in total. The van der Waals surface area contributed by atoms with E-state index in [4.69, 9.17) is 0 Å². The first kappa shape index (κ1) is 15.1. The molecule has 2 heterocycles. The molecule has 0 saturated heterocycles. The van der Waals surface area contributed by atoms with Gasteiger partial charge in [0.2, 0.25) is 5.91 Å². The number of amides is 1. The van der Waals surface area contributed by atoms with E-state index in [1.165, 1.54) is 29.2 Å². The van der Waals surface area contributed by atoms with Gasteiger partial charge >= 0.3 is 0 Å². The van der Waals surface area contributed by atoms with Gasteiger partial charge in [0.1, 0.15) is 11.4 Å². The van der Waals surface area contributed by atoms with Gasteiger partial charge in [-0.1, -0.05) is 0 Å². The summed E-state index contributed by atoms with van der Waals surface area (Å²) in [7, 11) is 0. The van der Waals surface area contributed by atoms with Gasteiger partial charge in [-0.2, -0.15) is 0 Å². The average Bonchev–Trinajstić information content (AvgIpc) is 3.00. The molecule has 0 spiro atoms. The van der Waals surface area contributed by atoms with Gasteiger partial charge in [-0.15, -0.1) is 11.3 Å². The average molecular weight is 327 g/mol. The van der Waals surface area contributed by atoms with Crippen LogP contribution in [0.25, 0.3) is 10.2 Å². The summed E-state index contributed by atoms with van der Waals surface area (Å²) >= 11 is 1.38. The molecule has 0 fully saturated rings. The minimum absolute atomic E-state index is 0.0374. The standard InChI is InChI=1S/C16H13N3O3S/c1-10(20)11-2-4-12(5-3-11)18-14(21)8-19-9-17-15-13(16(19)22)6-7-23-15/h2-7,9H,8H2,1H3,(H,18,21). The van der Waals surface area contributed by atoms with Gasteiger partial charge in [0, 0.05) is 11.3 Å². The number of nitrogens with zero attached hydrogens (tertiary/aromatic N) is 2. The molecule has 3 rings (SSSR count). The minimum Gasteiger partial charge on any atom is -0.325 e. The van der Waals surface area contributed by atoms with Crippen molar-refractivity contribution in [1.29, 1.82) is 0 Å². The largest absolute Gasteiger partial charge is 0.325 e. The monoisotopic (exact) mass is 327 g/mol. The lowest BCUT2D eigenvalue weighted by Crippen LogP contribution is -2.27. The van der Waals surface area contributed by atoms with Gasteiger partial charge in [-0.3, -0.25) is 19.0 Å². The van der Waals surface area contributed by atoms with E-state index in [1.54, 1.807) is 35.7 Å². The van der Waals surface area contributed by atoms with Crippen LogP contribution in [-0.2, 0) is 11.3 Å². The Hall–Kier alpha value is -2.80. The van der Waals surface area contributed by atoms with Gasteiger partial charge < -0.3 is 5.32 Å². The summed E-state index contributed by atoms with van der Waals surface area (Å²) in [5, 5.41) is 4.99. The van der Waals surface area contributed by atoms with E-state index in [-0.39, 0.29) is 23.8 Å². The van der Waals surface area contributed by atoms with Gasteiger partial charge in [0.15, 0.2) is 5.78 Å². The molecule has 1 N–H and O–H groups in total. The Labute approximate surface area is 135 Å². The van der Waals surface area contributed by atoms with Crippen LogP contribution in [0.2, 0.25) is 0 Å². The fraction of sp³-hybridized carbons (Fsp3) is 0.125. The second-order valence-electron chi connectivity index (χ2n) is 5.00. The lowest BCUT2D eigenvalue weighted by atomic mass is 10.1. The number of anilines is 1. The van der Waals surface area contributed by atoms with Crippen LogP contribution in [0.5, 0.6) is 0 Å². The van der Waals surface area contributed by atoms with Crippen LogP contribution in [0.1, 0.15) is 17.3 Å². The number of hydrogen-bond acceptors (Lipinski definition) is 5. The normalized spacial score (nSPS) is 10.7. The quantitative estimate of drug-likeness (QED) is 0.746. The van der Waals surface area contributed by atoms with Gasteiger partial charge in [-0.05, 0) is 42.6 Å². The number of fused-ring (bicyclic) bond motifs is 1. The number of rotatable bonds is 4. The summed E-state index contributed by atoms with van der Waals surface area (Å²) in [6, 6.07) is 8.28. The summed E-state index contributed by atoms with van der Waals surface area (Å²) < 4.78 is 1.27. The van der Waals surface area contributed by atoms with Gasteiger partial charge in [0.05, 0.1) is 11.7 Å². The number of aromatic nitrogens is 2. The van der Waals surface area contributed by atoms with Crippen LogP contribution in [0.15, 0.2) is 46.8 Å². The predicted molar refractivity (Wildman–Crippen MR) is 89.0 cm³/mol. The highest BCUT2D eigenvalue weighted by atomic mass is 32.1. The van der Waals surface area contributed by atoms with E-state index in [2.05, 4.69) is 10.3 Å². The number of hydrogen-bond donors (Lipinski definition) is 1. The molecule has 0 aliphatic carbocycles. The molecule has 2 aromatic heterocycles. The lowest BCUT2D eigenvalue weighted by Gasteiger charge is -2.07. The number of carbonyl (C=O) groups is 2. The summed E-state index contributed by atoms with van der Waals surface area (Å²) in [5.74, 6) is -0.372. The molecule has 23 heavy (non-hydrogen) atoms. The Morgan fingerprint density at radius 1 is 1.22 bits per heavy atom. The first-order chi connectivity index (χ1) is 11.0. The Balaban J connectivity index is 1.74. The van der Waals surface area contributed by atoms with Crippen LogP contribution in [-0.4, -0.2) is 21.2 Å². The van der Waals surface area contributed by atoms with E-state index < -0.39 is 0 Å². The molecule has 0 saturated carbocycles. The molecular formula is C16H13N3O3S. The van der Waals surface area contributed by atoms with Crippen LogP contribution >= 0.6 is 11.3 Å². The highest BCUT2D eigenvalue weighted by Crippen LogP contribution is 2.13. The molecule has 1 amide bonds. The molecule has 0 aliphatic rings. The number of nitrogens with one attached hydrogen (secondary N) is 1. The molecular weight excluding hydrogens is 314 g/mol. The van der Waals surface area contributed by atoms with Crippen molar-refractivity contribution in [2.45, 2.75) is 13.5 Å². The summed E-state index contributed by atoms with van der Waals surface area (Å²) in [6.45, 7) is 1.36. The maximum atomic E-state index is 12.2. The Bertz CT molecular complexity index is 941. The smallest absolute Gasteiger partial charge is 0.262 e. The summed E-state index contributed by atoms with van der Waals surface area (Å²) in [4.78, 5) is 40.3. The molecule has 0 bridgehead atoms. The maximum absolute atomic E-state index is 12.2. The van der Waals surface area contributed by atoms with Crippen LogP contribution in [0.3, 0.4) is 0 Å². The number of benzene rings is 1. The van der Waals surface area contributed by atoms with Gasteiger partial charge in [0.25, 0.3) is 5.56 Å². The van der Waals surface area contributed by atoms with Crippen molar-refractivity contribution in [2.75, 3.05) is 5.32 Å². The zero-order valence-electron chi connectivity index (χ0n) is 12.3. The lowest BCUT2D eigenvalue weighted by molar-refractivity contribution is -0.116. The van der Waals surface area contributed by atoms with Crippen molar-refractivity contribution >= 4 is 38.9 Å². The molecule has 1 aromatic carbocycles. The van der Waals surface area contributed by atoms with Crippen molar-refractivity contribution in [3.8, 4) is 0 Å². The number of thiophene rings is 1. The molecule has 0 unspecified atom stereocenters. The van der Waals surface area contributed by atoms with Crippen molar-refractivity contribution in [3.63, 3.8) is 0 Å². The number of Topliss-reactive ketones (excluding diaryl/α,β-unsaturated/α-hetero) is 1. The molecule has 7 heteroatoms. The van der Waals surface area contributed by atoms with Crippen molar-refractivity contribution in [3.05, 3.63) is 58.0 Å². The zero-order chi connectivity index (χ0) is 16.4. The summed E-state index contributed by atoms with van der Waals surface area (Å²) in [5.41, 5.74) is 0.905. The van der Waals surface area contributed by atoms with E-state index >= 15 is 0 Å². The van der Waals surface area contributed by atoms with Crippen LogP contribution < -0.4 is 10.9 Å². The zero-order valence-corrected chi connectivity index (χ0v) is 13.1. The van der Waals surface area contributed by atoms with Crippen molar-refractivity contribution in [2.24, 2.45) is 0 Å². The fourth-order valence-corrected chi connectivity index (χ4v) is 2.87. The van der Waals surface area contributed by atoms with E-state index in [9.17, 15) is 14.4 Å². The highest BCUT2D eigenvalue weighted by molar-refractivity contribution is 7.16. The molecule has 0 atom stereocenters. The Morgan fingerprint density at radius 3 is 2.65 bits per heavy atom. The minimum atomic E-state index is -0.334. The fourth-order valence-electron chi connectivity index (χ4n) is 2.15. The first-order valence-corrected chi connectivity index (χ1v) is 7.76. The Morgan fingerprint density at radius 2 is 1.96 bits per heavy atom. The van der Waals surface area contributed by atoms with Crippen LogP contribution in [0, 0.1) is 0 Å². The third kappa shape index (κ3) is 3.19. The number of carbonyl (C=O) groups excluding carboxylic acids is 2. The number of ketones is 1. The first-order valence-electron chi connectivity index (χ1n) is 6.88. The second kappa shape index (κ2) is 6.13. The second-order valence-corrected chi connectivity index (χ2v) is 5.89. The predicted octanol–water partition coefficient (Wildman–Crippen LogP) is 2.30. The Kier molecular flexibility index (Phi) is 4.03. The van der Waals surface area contributed by atoms with Crippen molar-refractivity contribution < 1.29 is 9.59 Å². The third-order valence-electron chi connectivity index (χ3n) is 3.34.